The summed E-state index contributed by atoms with van der Waals surface area (Å²) < 4.78 is 12.0. The van der Waals surface area contributed by atoms with Gasteiger partial charge >= 0.3 is 0 Å². The van der Waals surface area contributed by atoms with Crippen molar-refractivity contribution < 1.29 is 9.47 Å². The highest BCUT2D eigenvalue weighted by atomic mass is 32.1. The zero-order valence-corrected chi connectivity index (χ0v) is 17.3. The molecule has 3 aliphatic heterocycles. The average molecular weight is 418 g/mol. The van der Waals surface area contributed by atoms with E-state index in [1.165, 1.54) is 16.1 Å². The van der Waals surface area contributed by atoms with Crippen LogP contribution < -0.4 is 15.1 Å². The van der Waals surface area contributed by atoms with Crippen molar-refractivity contribution in [1.29, 1.82) is 0 Å². The van der Waals surface area contributed by atoms with E-state index in [1.807, 2.05) is 6.07 Å². The summed E-state index contributed by atoms with van der Waals surface area (Å²) in [6.07, 6.45) is 2.11. The third-order valence-corrected chi connectivity index (χ3v) is 6.85. The number of morpholine rings is 1. The topological polar surface area (TPSA) is 37.0 Å². The summed E-state index contributed by atoms with van der Waals surface area (Å²) in [6.45, 7) is 3.47. The van der Waals surface area contributed by atoms with Gasteiger partial charge in [0.05, 0.1) is 29.8 Å². The first-order chi connectivity index (χ1) is 14.9. The van der Waals surface area contributed by atoms with Crippen LogP contribution in [0.1, 0.15) is 28.3 Å². The third kappa shape index (κ3) is 3.08. The smallest absolute Gasteiger partial charge is 0.195 e. The predicted octanol–water partition coefficient (Wildman–Crippen LogP) is 4.58. The van der Waals surface area contributed by atoms with Crippen molar-refractivity contribution in [3.63, 3.8) is 0 Å². The van der Waals surface area contributed by atoms with Gasteiger partial charge in [-0.1, -0.05) is 36.4 Å². The Balaban J connectivity index is 1.33. The lowest BCUT2D eigenvalue weighted by atomic mass is 10.0. The Morgan fingerprint density at radius 2 is 1.77 bits per heavy atom. The molecule has 6 rings (SSSR count). The van der Waals surface area contributed by atoms with E-state index in [0.29, 0.717) is 0 Å². The monoisotopic (exact) mass is 417 g/mol. The molecule has 0 spiro atoms. The van der Waals surface area contributed by atoms with Crippen LogP contribution in [0.4, 0.5) is 5.69 Å². The second kappa shape index (κ2) is 7.47. The first-order valence-corrected chi connectivity index (χ1v) is 11.2. The number of ether oxygens (including phenoxy) is 2. The number of para-hydroxylation sites is 1. The van der Waals surface area contributed by atoms with E-state index < -0.39 is 0 Å². The fourth-order valence-corrected chi connectivity index (χ4v) is 5.11. The molecule has 1 aromatic heterocycles. The molecule has 30 heavy (non-hydrogen) atoms. The van der Waals surface area contributed by atoms with Gasteiger partial charge < -0.3 is 19.8 Å². The molecule has 6 heteroatoms. The Labute approximate surface area is 180 Å². The minimum absolute atomic E-state index is 0.135. The summed E-state index contributed by atoms with van der Waals surface area (Å²) in [4.78, 5) is 3.61. The Bertz CT molecular complexity index is 1060. The lowest BCUT2D eigenvalue weighted by Gasteiger charge is -2.39. The van der Waals surface area contributed by atoms with Crippen LogP contribution in [0.3, 0.4) is 0 Å². The molecular formula is C24H23N3O2S. The van der Waals surface area contributed by atoms with Crippen molar-refractivity contribution in [1.82, 2.24) is 10.4 Å². The van der Waals surface area contributed by atoms with Gasteiger partial charge in [0.1, 0.15) is 5.75 Å². The van der Waals surface area contributed by atoms with E-state index in [9.17, 15) is 0 Å². The highest BCUT2D eigenvalue weighted by molar-refractivity contribution is 7.11. The lowest BCUT2D eigenvalue weighted by Crippen LogP contribution is -2.43. The Morgan fingerprint density at radius 3 is 2.57 bits per heavy atom. The summed E-state index contributed by atoms with van der Waals surface area (Å²) in [5, 5.41) is 4.34. The van der Waals surface area contributed by atoms with Crippen LogP contribution in [0.5, 0.6) is 5.75 Å². The van der Waals surface area contributed by atoms with E-state index in [0.717, 1.165) is 43.3 Å². The zero-order chi connectivity index (χ0) is 19.9. The van der Waals surface area contributed by atoms with Crippen molar-refractivity contribution in [3.8, 4) is 5.75 Å². The second-order valence-electron chi connectivity index (χ2n) is 7.72. The number of hydrazine groups is 1. The van der Waals surface area contributed by atoms with Crippen molar-refractivity contribution in [2.45, 2.75) is 12.3 Å². The molecule has 0 bridgehead atoms. The highest BCUT2D eigenvalue weighted by Crippen LogP contribution is 2.46. The molecule has 0 radical (unpaired) electrons. The highest BCUT2D eigenvalue weighted by Gasteiger charge is 2.40. The molecule has 0 unspecified atom stereocenters. The van der Waals surface area contributed by atoms with Gasteiger partial charge in [0, 0.05) is 29.9 Å². The van der Waals surface area contributed by atoms with Crippen LogP contribution in [0, 0.1) is 0 Å². The van der Waals surface area contributed by atoms with Crippen molar-refractivity contribution in [2.24, 2.45) is 0 Å². The van der Waals surface area contributed by atoms with Gasteiger partial charge in [-0.3, -0.25) is 0 Å². The molecule has 0 saturated carbocycles. The molecule has 0 aliphatic carbocycles. The fraction of sp³-hybridized carbons (Fsp3) is 0.250. The van der Waals surface area contributed by atoms with Crippen LogP contribution in [0.25, 0.3) is 5.70 Å². The quantitative estimate of drug-likeness (QED) is 0.675. The molecule has 4 heterocycles. The van der Waals surface area contributed by atoms with E-state index in [1.54, 1.807) is 11.3 Å². The molecule has 1 fully saturated rings. The van der Waals surface area contributed by atoms with Crippen LogP contribution in [0.15, 0.2) is 72.1 Å². The normalized spacial score (nSPS) is 23.2. The zero-order valence-electron chi connectivity index (χ0n) is 16.5. The summed E-state index contributed by atoms with van der Waals surface area (Å²) in [7, 11) is 0. The number of benzene rings is 2. The first kappa shape index (κ1) is 18.0. The van der Waals surface area contributed by atoms with E-state index >= 15 is 0 Å². The maximum Gasteiger partial charge on any atom is 0.195 e. The largest absolute Gasteiger partial charge is 0.469 e. The second-order valence-corrected chi connectivity index (χ2v) is 8.67. The van der Waals surface area contributed by atoms with Gasteiger partial charge in [-0.15, -0.1) is 11.3 Å². The standard InChI is InChI=1S/C24H23N3O2S/c1-2-5-22-19(4-1)21-16-20(23-6-3-15-30-23)25-27(21)24(29-22)17-7-9-18(10-8-17)26-11-13-28-14-12-26/h1-10,15-16,21,24-25H,11-14H2/t21-,24+/m1/s1. The number of nitrogens with one attached hydrogen (secondary N) is 1. The molecule has 0 amide bonds. The number of anilines is 1. The lowest BCUT2D eigenvalue weighted by molar-refractivity contribution is -0.0326. The molecule has 1 N–H and O–H groups in total. The number of rotatable bonds is 3. The average Bonchev–Trinajstić information content (AvgIpc) is 3.49. The summed E-state index contributed by atoms with van der Waals surface area (Å²) in [5.74, 6) is 0.950. The van der Waals surface area contributed by atoms with Crippen molar-refractivity contribution in [3.05, 3.63) is 88.1 Å². The summed E-state index contributed by atoms with van der Waals surface area (Å²) in [6, 6.07) is 21.5. The van der Waals surface area contributed by atoms with E-state index in [-0.39, 0.29) is 12.3 Å². The number of hydrogen-bond acceptors (Lipinski definition) is 6. The number of thiophene rings is 1. The number of fused-ring (bicyclic) bond motifs is 3. The molecular weight excluding hydrogens is 394 g/mol. The van der Waals surface area contributed by atoms with Gasteiger partial charge in [-0.05, 0) is 35.7 Å². The Hall–Kier alpha value is -2.80. The molecule has 2 aromatic carbocycles. The van der Waals surface area contributed by atoms with Crippen LogP contribution in [-0.4, -0.2) is 31.3 Å². The Morgan fingerprint density at radius 1 is 0.933 bits per heavy atom. The number of hydrogen-bond donors (Lipinski definition) is 1. The minimum Gasteiger partial charge on any atom is -0.469 e. The molecule has 3 aromatic rings. The fourth-order valence-electron chi connectivity index (χ4n) is 4.41. The molecule has 3 aliphatic rings. The Kier molecular flexibility index (Phi) is 4.48. The van der Waals surface area contributed by atoms with Crippen LogP contribution in [-0.2, 0) is 4.74 Å². The molecule has 1 saturated heterocycles. The van der Waals surface area contributed by atoms with Crippen molar-refractivity contribution >= 4 is 22.7 Å². The van der Waals surface area contributed by atoms with Gasteiger partial charge in [-0.2, -0.15) is 5.01 Å². The van der Waals surface area contributed by atoms with Gasteiger partial charge in [0.25, 0.3) is 0 Å². The van der Waals surface area contributed by atoms with Gasteiger partial charge in [0.15, 0.2) is 6.23 Å². The van der Waals surface area contributed by atoms with Crippen LogP contribution in [0.2, 0.25) is 0 Å². The first-order valence-electron chi connectivity index (χ1n) is 10.4. The van der Waals surface area contributed by atoms with Crippen molar-refractivity contribution in [2.75, 3.05) is 31.2 Å². The van der Waals surface area contributed by atoms with Gasteiger partial charge in [-0.25, -0.2) is 0 Å². The number of nitrogens with zero attached hydrogens (tertiary/aromatic N) is 2. The molecule has 152 valence electrons. The predicted molar refractivity (Wildman–Crippen MR) is 119 cm³/mol. The molecule has 5 nitrogen and oxygen atoms in total. The SMILES string of the molecule is C1=C(c2cccs2)NN2[C@H]1c1ccccc1O[C@H]2c1ccc(N2CCOCC2)cc1. The van der Waals surface area contributed by atoms with E-state index in [4.69, 9.17) is 9.47 Å². The minimum atomic E-state index is -0.197. The molecule has 2 atom stereocenters. The van der Waals surface area contributed by atoms with E-state index in [2.05, 4.69) is 81.4 Å². The maximum absolute atomic E-state index is 6.48. The third-order valence-electron chi connectivity index (χ3n) is 5.94. The summed E-state index contributed by atoms with van der Waals surface area (Å²) in [5.41, 5.74) is 8.33. The van der Waals surface area contributed by atoms with Gasteiger partial charge in [0.2, 0.25) is 0 Å². The van der Waals surface area contributed by atoms with Crippen LogP contribution >= 0.6 is 11.3 Å². The summed E-state index contributed by atoms with van der Waals surface area (Å²) >= 11 is 1.75. The maximum atomic E-state index is 6.48.